The average Bonchev–Trinajstić information content (AvgIpc) is 3.32. The second kappa shape index (κ2) is 8.37. The van der Waals surface area contributed by atoms with Gasteiger partial charge in [0.1, 0.15) is 11.0 Å². The summed E-state index contributed by atoms with van der Waals surface area (Å²) in [4.78, 5) is 49.6. The number of benzene rings is 2. The number of amides is 3. The smallest absolute Gasteiger partial charge is 0.306 e. The second-order valence-electron chi connectivity index (χ2n) is 6.56. The highest BCUT2D eigenvalue weighted by Crippen LogP contribution is 2.23. The van der Waals surface area contributed by atoms with Crippen molar-refractivity contribution < 1.29 is 23.9 Å². The van der Waals surface area contributed by atoms with Crippen LogP contribution in [0, 0.1) is 0 Å². The first-order valence-corrected chi connectivity index (χ1v) is 9.89. The molecule has 0 fully saturated rings. The third-order valence-corrected chi connectivity index (χ3v) is 5.11. The molecule has 1 aromatic heterocycles. The molecule has 1 aliphatic rings. The van der Waals surface area contributed by atoms with Gasteiger partial charge in [-0.25, -0.2) is 0 Å². The van der Waals surface area contributed by atoms with Crippen LogP contribution >= 0.6 is 11.7 Å². The fraction of sp³-hybridized carbons (Fsp3) is 0.200. The topological polar surface area (TPSA) is 119 Å². The zero-order valence-electron chi connectivity index (χ0n) is 15.7. The molecular formula is C20H16N4O5S. The van der Waals surface area contributed by atoms with Crippen LogP contribution in [0.15, 0.2) is 42.5 Å². The van der Waals surface area contributed by atoms with Gasteiger partial charge in [-0.2, -0.15) is 8.75 Å². The van der Waals surface area contributed by atoms with Gasteiger partial charge in [-0.15, -0.1) is 0 Å². The number of imide groups is 1. The van der Waals surface area contributed by atoms with Crippen molar-refractivity contribution in [1.82, 2.24) is 13.6 Å². The van der Waals surface area contributed by atoms with Gasteiger partial charge in [-0.05, 0) is 30.7 Å². The van der Waals surface area contributed by atoms with Crippen molar-refractivity contribution in [3.05, 3.63) is 53.6 Å². The number of fused-ring (bicyclic) bond motifs is 2. The zero-order chi connectivity index (χ0) is 21.1. The van der Waals surface area contributed by atoms with E-state index in [4.69, 9.17) is 4.74 Å². The van der Waals surface area contributed by atoms with Crippen LogP contribution < -0.4 is 5.32 Å². The number of carbonyl (C=O) groups excluding carboxylic acids is 4. The normalized spacial score (nSPS) is 12.9. The molecule has 3 amide bonds. The van der Waals surface area contributed by atoms with E-state index in [1.54, 1.807) is 42.5 Å². The van der Waals surface area contributed by atoms with Crippen molar-refractivity contribution in [2.24, 2.45) is 0 Å². The minimum atomic E-state index is -0.588. The zero-order valence-corrected chi connectivity index (χ0v) is 16.5. The van der Waals surface area contributed by atoms with Gasteiger partial charge in [0.2, 0.25) is 0 Å². The van der Waals surface area contributed by atoms with Gasteiger partial charge in [0.15, 0.2) is 6.61 Å². The standard InChI is InChI=1S/C20H16N4O5S/c25-16(21-14-7-3-8-15-18(14)23-30-22-15)11-29-17(26)9-4-10-24-19(27)12-5-1-2-6-13(12)20(24)28/h1-3,5-8H,4,9-11H2,(H,21,25). The van der Waals surface area contributed by atoms with Crippen molar-refractivity contribution in [3.8, 4) is 0 Å². The Morgan fingerprint density at radius 2 is 1.73 bits per heavy atom. The lowest BCUT2D eigenvalue weighted by Crippen LogP contribution is -2.31. The molecule has 0 saturated carbocycles. The molecule has 2 aromatic carbocycles. The number of nitrogens with one attached hydrogen (secondary N) is 1. The third-order valence-electron chi connectivity index (χ3n) is 4.57. The average molecular weight is 424 g/mol. The second-order valence-corrected chi connectivity index (χ2v) is 7.09. The molecule has 0 radical (unpaired) electrons. The van der Waals surface area contributed by atoms with Crippen molar-refractivity contribution >= 4 is 52.1 Å². The summed E-state index contributed by atoms with van der Waals surface area (Å²) < 4.78 is 13.2. The Morgan fingerprint density at radius 1 is 1.00 bits per heavy atom. The molecule has 1 N–H and O–H groups in total. The Labute approximate surface area is 175 Å². The Balaban J connectivity index is 1.22. The molecule has 0 bridgehead atoms. The van der Waals surface area contributed by atoms with Gasteiger partial charge in [0.05, 0.1) is 28.5 Å². The molecule has 0 unspecified atom stereocenters. The van der Waals surface area contributed by atoms with Crippen LogP contribution in [0.2, 0.25) is 0 Å². The third kappa shape index (κ3) is 3.90. The molecule has 4 rings (SSSR count). The first-order chi connectivity index (χ1) is 14.5. The fourth-order valence-corrected chi connectivity index (χ4v) is 3.68. The number of carbonyl (C=O) groups is 4. The summed E-state index contributed by atoms with van der Waals surface area (Å²) in [7, 11) is 0. The van der Waals surface area contributed by atoms with E-state index in [9.17, 15) is 19.2 Å². The summed E-state index contributed by atoms with van der Waals surface area (Å²) in [6.45, 7) is -0.341. The number of ether oxygens (including phenoxy) is 1. The van der Waals surface area contributed by atoms with E-state index in [2.05, 4.69) is 14.1 Å². The number of hydrogen-bond acceptors (Lipinski definition) is 8. The summed E-state index contributed by atoms with van der Waals surface area (Å²) in [5.74, 6) is -1.82. The van der Waals surface area contributed by atoms with Crippen LogP contribution in [-0.2, 0) is 14.3 Å². The highest BCUT2D eigenvalue weighted by Gasteiger charge is 2.34. The van der Waals surface area contributed by atoms with Crippen molar-refractivity contribution in [2.75, 3.05) is 18.5 Å². The number of hydrogen-bond donors (Lipinski definition) is 1. The Bertz CT molecular complexity index is 1120. The molecule has 0 spiro atoms. The minimum Gasteiger partial charge on any atom is -0.456 e. The number of anilines is 1. The lowest BCUT2D eigenvalue weighted by atomic mass is 10.1. The Morgan fingerprint density at radius 3 is 2.47 bits per heavy atom. The van der Waals surface area contributed by atoms with E-state index in [0.29, 0.717) is 27.8 Å². The summed E-state index contributed by atoms with van der Waals surface area (Å²) >= 11 is 1.04. The lowest BCUT2D eigenvalue weighted by molar-refractivity contribution is -0.147. The molecule has 152 valence electrons. The van der Waals surface area contributed by atoms with Crippen LogP contribution in [0.5, 0.6) is 0 Å². The van der Waals surface area contributed by atoms with Gasteiger partial charge in [-0.3, -0.25) is 24.1 Å². The Hall–Kier alpha value is -3.66. The summed E-state index contributed by atoms with van der Waals surface area (Å²) in [5.41, 5.74) is 2.47. The van der Waals surface area contributed by atoms with E-state index >= 15 is 0 Å². The molecular weight excluding hydrogens is 408 g/mol. The minimum absolute atomic E-state index is 0.0216. The molecule has 10 heteroatoms. The maximum atomic E-state index is 12.3. The van der Waals surface area contributed by atoms with E-state index in [1.807, 2.05) is 0 Å². The van der Waals surface area contributed by atoms with Gasteiger partial charge in [0.25, 0.3) is 17.7 Å². The highest BCUT2D eigenvalue weighted by molar-refractivity contribution is 7.00. The largest absolute Gasteiger partial charge is 0.456 e. The first kappa shape index (κ1) is 19.6. The van der Waals surface area contributed by atoms with Gasteiger partial charge >= 0.3 is 5.97 Å². The van der Waals surface area contributed by atoms with Gasteiger partial charge in [0, 0.05) is 13.0 Å². The lowest BCUT2D eigenvalue weighted by Gasteiger charge is -2.13. The van der Waals surface area contributed by atoms with Crippen molar-refractivity contribution in [3.63, 3.8) is 0 Å². The molecule has 2 heterocycles. The monoisotopic (exact) mass is 424 g/mol. The predicted octanol–water partition coefficient (Wildman–Crippen LogP) is 2.25. The van der Waals surface area contributed by atoms with E-state index in [-0.39, 0.29) is 31.2 Å². The SMILES string of the molecule is O=C(COC(=O)CCCN1C(=O)c2ccccc2C1=O)Nc1cccc2nsnc12. The molecule has 3 aromatic rings. The summed E-state index contributed by atoms with van der Waals surface area (Å²) in [6, 6.07) is 11.8. The fourth-order valence-electron chi connectivity index (χ4n) is 3.14. The highest BCUT2D eigenvalue weighted by atomic mass is 32.1. The van der Waals surface area contributed by atoms with Gasteiger partial charge in [-0.1, -0.05) is 18.2 Å². The maximum Gasteiger partial charge on any atom is 0.306 e. The van der Waals surface area contributed by atoms with E-state index in [1.165, 1.54) is 0 Å². The van der Waals surface area contributed by atoms with Crippen molar-refractivity contribution in [1.29, 1.82) is 0 Å². The molecule has 1 aliphatic heterocycles. The van der Waals surface area contributed by atoms with Crippen LogP contribution in [0.3, 0.4) is 0 Å². The number of nitrogens with zero attached hydrogens (tertiary/aromatic N) is 3. The van der Waals surface area contributed by atoms with Crippen LogP contribution in [0.1, 0.15) is 33.6 Å². The molecule has 0 saturated heterocycles. The van der Waals surface area contributed by atoms with Crippen molar-refractivity contribution in [2.45, 2.75) is 12.8 Å². The number of aromatic nitrogens is 2. The summed E-state index contributed by atoms with van der Waals surface area (Å²) in [6.07, 6.45) is 0.224. The number of esters is 1. The molecule has 30 heavy (non-hydrogen) atoms. The van der Waals surface area contributed by atoms with E-state index < -0.39 is 18.5 Å². The van der Waals surface area contributed by atoms with Gasteiger partial charge < -0.3 is 10.1 Å². The number of rotatable bonds is 7. The van der Waals surface area contributed by atoms with E-state index in [0.717, 1.165) is 16.6 Å². The Kier molecular flexibility index (Phi) is 5.48. The van der Waals surface area contributed by atoms with Crippen LogP contribution in [0.25, 0.3) is 11.0 Å². The quantitative estimate of drug-likeness (QED) is 0.456. The molecule has 0 atom stereocenters. The summed E-state index contributed by atoms with van der Waals surface area (Å²) in [5, 5.41) is 2.64. The molecule has 9 nitrogen and oxygen atoms in total. The predicted molar refractivity (Wildman–Crippen MR) is 108 cm³/mol. The van der Waals surface area contributed by atoms with Crippen LogP contribution in [0.4, 0.5) is 5.69 Å². The first-order valence-electron chi connectivity index (χ1n) is 9.16. The van der Waals surface area contributed by atoms with Crippen LogP contribution in [-0.4, -0.2) is 50.5 Å². The maximum absolute atomic E-state index is 12.3. The molecule has 0 aliphatic carbocycles.